The predicted octanol–water partition coefficient (Wildman–Crippen LogP) is 8.14. The minimum Gasteiger partial charge on any atom is -0.417 e. The Hall–Kier alpha value is -0.0162. The van der Waals surface area contributed by atoms with Gasteiger partial charge in [0.2, 0.25) is 0 Å². The van der Waals surface area contributed by atoms with Crippen molar-refractivity contribution in [1.82, 2.24) is 0 Å². The molecular weight excluding hydrogens is 472 g/mol. The fraction of sp³-hybridized carbons (Fsp3) is 0.792. The van der Waals surface area contributed by atoms with Crippen LogP contribution in [0.4, 0.5) is 0 Å². The maximum atomic E-state index is 12.5. The maximum Gasteiger partial charge on any atom is 0.192 e. The summed E-state index contributed by atoms with van der Waals surface area (Å²) < 4.78 is 13.8. The molecule has 0 aliphatic heterocycles. The largest absolute Gasteiger partial charge is 0.417 e. The van der Waals surface area contributed by atoms with Gasteiger partial charge in [0.25, 0.3) is 0 Å². The van der Waals surface area contributed by atoms with Gasteiger partial charge in [-0.3, -0.25) is 4.79 Å². The first-order valence-electron chi connectivity index (χ1n) is 11.4. The Morgan fingerprint density at radius 2 is 1.63 bits per heavy atom. The van der Waals surface area contributed by atoms with E-state index in [1.54, 1.807) is 0 Å². The highest BCUT2D eigenvalue weighted by molar-refractivity contribution is 9.11. The first-order chi connectivity index (χ1) is 13.5. The number of allylic oxidation sites excluding steroid dienone is 3. The number of rotatable bonds is 10. The van der Waals surface area contributed by atoms with E-state index in [0.717, 1.165) is 35.9 Å². The minimum absolute atomic E-state index is 0.0545. The lowest BCUT2D eigenvalue weighted by atomic mass is 10.1. The van der Waals surface area contributed by atoms with E-state index in [-0.39, 0.29) is 22.0 Å². The van der Waals surface area contributed by atoms with Gasteiger partial charge >= 0.3 is 0 Å². The van der Waals surface area contributed by atoms with Crippen molar-refractivity contribution in [3.8, 4) is 0 Å². The predicted molar refractivity (Wildman–Crippen MR) is 138 cm³/mol. The van der Waals surface area contributed by atoms with Crippen LogP contribution in [0.3, 0.4) is 0 Å². The zero-order chi connectivity index (χ0) is 23.4. The first kappa shape index (κ1) is 28.0. The van der Waals surface area contributed by atoms with Gasteiger partial charge in [-0.25, -0.2) is 0 Å². The molecule has 0 radical (unpaired) electrons. The zero-order valence-electron chi connectivity index (χ0n) is 21.1. The normalized spacial score (nSPS) is 19.4. The van der Waals surface area contributed by atoms with Gasteiger partial charge < -0.3 is 8.85 Å². The van der Waals surface area contributed by atoms with Crippen LogP contribution in [0.25, 0.3) is 0 Å². The molecule has 0 aromatic carbocycles. The van der Waals surface area contributed by atoms with Crippen molar-refractivity contribution in [2.75, 3.05) is 6.61 Å². The molecule has 0 saturated heterocycles. The summed E-state index contributed by atoms with van der Waals surface area (Å²) in [6, 6.07) is 0. The second-order valence-electron chi connectivity index (χ2n) is 11.7. The van der Waals surface area contributed by atoms with Gasteiger partial charge in [0, 0.05) is 19.4 Å². The molecule has 0 N–H and O–H groups in total. The summed E-state index contributed by atoms with van der Waals surface area (Å²) in [5.74, 6) is 0.229. The summed E-state index contributed by atoms with van der Waals surface area (Å²) in [5.41, 5.74) is 0.892. The molecule has 1 unspecified atom stereocenters. The monoisotopic (exact) mass is 516 g/mol. The zero-order valence-corrected chi connectivity index (χ0v) is 24.7. The lowest BCUT2D eigenvalue weighted by Gasteiger charge is -2.37. The van der Waals surface area contributed by atoms with E-state index in [1.807, 2.05) is 0 Å². The first-order valence-corrected chi connectivity index (χ1v) is 18.0. The van der Waals surface area contributed by atoms with Crippen molar-refractivity contribution < 1.29 is 13.6 Å². The van der Waals surface area contributed by atoms with Gasteiger partial charge in [0.05, 0.1) is 6.10 Å². The fourth-order valence-electron chi connectivity index (χ4n) is 2.78. The van der Waals surface area contributed by atoms with E-state index < -0.39 is 16.6 Å². The molecule has 0 saturated carbocycles. The lowest BCUT2D eigenvalue weighted by molar-refractivity contribution is -0.115. The molecule has 30 heavy (non-hydrogen) atoms. The SMILES string of the molecule is CC(C)(C)[Si](C)(C)OCCCCC=C(Br)CC1=CC(O[Si](C)(C)C(C)(C)C)CC1=O. The van der Waals surface area contributed by atoms with E-state index in [0.29, 0.717) is 12.8 Å². The number of halogens is 1. The Labute approximate surface area is 196 Å². The summed E-state index contributed by atoms with van der Waals surface area (Å²) in [4.78, 5) is 12.5. The van der Waals surface area contributed by atoms with Crippen LogP contribution >= 0.6 is 15.9 Å². The Morgan fingerprint density at radius 1 is 1.07 bits per heavy atom. The fourth-order valence-corrected chi connectivity index (χ4v) is 5.66. The Balaban J connectivity index is 2.46. The van der Waals surface area contributed by atoms with Gasteiger partial charge in [0.15, 0.2) is 22.4 Å². The minimum atomic E-state index is -1.86. The molecule has 0 heterocycles. The van der Waals surface area contributed by atoms with Crippen molar-refractivity contribution in [2.24, 2.45) is 0 Å². The summed E-state index contributed by atoms with van der Waals surface area (Å²) in [5, 5.41) is 0.422. The molecular formula is C24H45BrO3Si2. The average molecular weight is 518 g/mol. The van der Waals surface area contributed by atoms with E-state index >= 15 is 0 Å². The summed E-state index contributed by atoms with van der Waals surface area (Å²) in [6.45, 7) is 23.5. The topological polar surface area (TPSA) is 35.5 Å². The second-order valence-corrected chi connectivity index (χ2v) is 22.3. The molecule has 1 atom stereocenters. The number of hydrogen-bond donors (Lipinski definition) is 0. The van der Waals surface area contributed by atoms with Crippen LogP contribution in [0.1, 0.15) is 73.6 Å². The van der Waals surface area contributed by atoms with Crippen LogP contribution in [0.15, 0.2) is 22.2 Å². The molecule has 1 rings (SSSR count). The van der Waals surface area contributed by atoms with Crippen LogP contribution in [0.2, 0.25) is 36.3 Å². The van der Waals surface area contributed by atoms with Crippen molar-refractivity contribution in [3.63, 3.8) is 0 Å². The number of carbonyl (C=O) groups is 1. The number of unbranched alkanes of at least 4 members (excludes halogenated alkanes) is 2. The summed E-state index contributed by atoms with van der Waals surface area (Å²) in [6.07, 6.45) is 8.58. The molecule has 0 aromatic heterocycles. The lowest BCUT2D eigenvalue weighted by Crippen LogP contribution is -2.43. The van der Waals surface area contributed by atoms with Gasteiger partial charge in [-0.2, -0.15) is 0 Å². The van der Waals surface area contributed by atoms with E-state index in [2.05, 4.69) is 95.8 Å². The Morgan fingerprint density at radius 3 is 2.17 bits per heavy atom. The van der Waals surface area contributed by atoms with Gasteiger partial charge in [-0.15, -0.1) is 0 Å². The van der Waals surface area contributed by atoms with Gasteiger partial charge in [0.1, 0.15) is 0 Å². The standard InChI is InChI=1S/C24H45BrO3Si2/c1-23(2,3)29(7,8)27-15-13-11-12-14-20(25)16-19-17-21(18-22(19)26)28-30(9,10)24(4,5)6/h14,17,21H,11-13,15-16,18H2,1-10H3. The van der Waals surface area contributed by atoms with Crippen molar-refractivity contribution >= 4 is 38.3 Å². The molecule has 0 spiro atoms. The highest BCUT2D eigenvalue weighted by Crippen LogP contribution is 2.39. The molecule has 174 valence electrons. The highest BCUT2D eigenvalue weighted by atomic mass is 79.9. The summed E-state index contributed by atoms with van der Waals surface area (Å²) in [7, 11) is -3.49. The average Bonchev–Trinajstić information content (AvgIpc) is 2.87. The van der Waals surface area contributed by atoms with Crippen LogP contribution < -0.4 is 0 Å². The van der Waals surface area contributed by atoms with Crippen LogP contribution in [0, 0.1) is 0 Å². The third-order valence-electron chi connectivity index (χ3n) is 6.98. The summed E-state index contributed by atoms with van der Waals surface area (Å²) >= 11 is 3.67. The Bertz CT molecular complexity index is 652. The smallest absolute Gasteiger partial charge is 0.192 e. The van der Waals surface area contributed by atoms with E-state index in [4.69, 9.17) is 8.85 Å². The van der Waals surface area contributed by atoms with Crippen LogP contribution in [-0.2, 0) is 13.6 Å². The third kappa shape index (κ3) is 8.49. The van der Waals surface area contributed by atoms with Gasteiger partial charge in [-0.1, -0.05) is 63.5 Å². The van der Waals surface area contributed by atoms with E-state index in [1.165, 1.54) is 0 Å². The molecule has 0 bridgehead atoms. The molecule has 1 aliphatic carbocycles. The highest BCUT2D eigenvalue weighted by Gasteiger charge is 2.40. The van der Waals surface area contributed by atoms with Crippen LogP contribution in [-0.4, -0.2) is 35.1 Å². The second kappa shape index (κ2) is 10.7. The van der Waals surface area contributed by atoms with E-state index in [9.17, 15) is 4.79 Å². The Kier molecular flexibility index (Phi) is 10.0. The quantitative estimate of drug-likeness (QED) is 0.217. The number of hydrogen-bond acceptors (Lipinski definition) is 3. The van der Waals surface area contributed by atoms with Crippen molar-refractivity contribution in [1.29, 1.82) is 0 Å². The van der Waals surface area contributed by atoms with Crippen molar-refractivity contribution in [2.45, 2.75) is 116 Å². The molecule has 0 fully saturated rings. The number of carbonyl (C=O) groups excluding carboxylic acids is 1. The molecule has 0 amide bonds. The third-order valence-corrected chi connectivity index (χ3v) is 16.6. The molecule has 0 aromatic rings. The van der Waals surface area contributed by atoms with Crippen LogP contribution in [0.5, 0.6) is 0 Å². The maximum absolute atomic E-state index is 12.5. The molecule has 6 heteroatoms. The van der Waals surface area contributed by atoms with Crippen molar-refractivity contribution in [3.05, 3.63) is 22.2 Å². The number of ketones is 1. The molecule has 1 aliphatic rings. The number of Topliss-reactive ketones (excluding diaryl/α,β-unsaturated/α-hetero) is 1. The van der Waals surface area contributed by atoms with Gasteiger partial charge in [-0.05, 0) is 71.7 Å². The molecule has 3 nitrogen and oxygen atoms in total.